The Bertz CT molecular complexity index is 312. The van der Waals surface area contributed by atoms with Crippen LogP contribution >= 0.6 is 0 Å². The Morgan fingerprint density at radius 2 is 1.95 bits per heavy atom. The van der Waals surface area contributed by atoms with Crippen LogP contribution < -0.4 is 0 Å². The second kappa shape index (κ2) is 7.38. The summed E-state index contributed by atoms with van der Waals surface area (Å²) in [6.07, 6.45) is 4.49. The second-order valence-electron chi connectivity index (χ2n) is 6.19. The first-order valence-electron chi connectivity index (χ1n) is 7.88. The number of aliphatic hydroxyl groups is 1. The second-order valence-corrected chi connectivity index (χ2v) is 6.19. The van der Waals surface area contributed by atoms with Gasteiger partial charge in [0.2, 0.25) is 5.91 Å². The van der Waals surface area contributed by atoms with Crippen molar-refractivity contribution in [1.29, 1.82) is 0 Å². The normalized spacial score (nSPS) is 32.4. The molecule has 2 aliphatic rings. The largest absolute Gasteiger partial charge is 0.396 e. The molecule has 3 atom stereocenters. The van der Waals surface area contributed by atoms with Crippen LogP contribution in [0.5, 0.6) is 0 Å². The molecule has 1 N–H and O–H groups in total. The van der Waals surface area contributed by atoms with Crippen LogP contribution in [0, 0.1) is 0 Å². The summed E-state index contributed by atoms with van der Waals surface area (Å²) in [5.41, 5.74) is 0. The first kappa shape index (κ1) is 15.7. The number of rotatable bonds is 4. The van der Waals surface area contributed by atoms with E-state index in [4.69, 9.17) is 9.84 Å². The zero-order valence-electron chi connectivity index (χ0n) is 12.8. The van der Waals surface area contributed by atoms with Crippen molar-refractivity contribution in [2.24, 2.45) is 0 Å². The maximum absolute atomic E-state index is 12.5. The summed E-state index contributed by atoms with van der Waals surface area (Å²) in [7, 11) is 0. The average molecular weight is 284 g/mol. The third-order valence-electron chi connectivity index (χ3n) is 4.32. The molecule has 2 fully saturated rings. The Kier molecular flexibility index (Phi) is 5.81. The Morgan fingerprint density at radius 3 is 2.60 bits per heavy atom. The molecule has 5 heteroatoms. The fourth-order valence-corrected chi connectivity index (χ4v) is 3.40. The lowest BCUT2D eigenvalue weighted by Crippen LogP contribution is -2.53. The van der Waals surface area contributed by atoms with E-state index < -0.39 is 0 Å². The number of hydrogen-bond acceptors (Lipinski definition) is 4. The molecule has 5 nitrogen and oxygen atoms in total. The highest BCUT2D eigenvalue weighted by molar-refractivity contribution is 5.78. The quantitative estimate of drug-likeness (QED) is 0.832. The zero-order valence-corrected chi connectivity index (χ0v) is 12.8. The average Bonchev–Trinajstić information content (AvgIpc) is 2.40. The van der Waals surface area contributed by atoms with E-state index in [9.17, 15) is 4.79 Å². The Labute approximate surface area is 121 Å². The Morgan fingerprint density at radius 1 is 1.25 bits per heavy atom. The lowest BCUT2D eigenvalue weighted by atomic mass is 9.99. The van der Waals surface area contributed by atoms with Gasteiger partial charge in [0.15, 0.2) is 0 Å². The van der Waals surface area contributed by atoms with Crippen LogP contribution in [-0.4, -0.2) is 71.8 Å². The minimum absolute atomic E-state index is 0.122. The molecule has 0 aromatic carbocycles. The number of morpholine rings is 1. The summed E-state index contributed by atoms with van der Waals surface area (Å²) >= 11 is 0. The lowest BCUT2D eigenvalue weighted by Gasteiger charge is -2.39. The molecular formula is C15H28N2O3. The smallest absolute Gasteiger partial charge is 0.236 e. The van der Waals surface area contributed by atoms with Gasteiger partial charge < -0.3 is 14.7 Å². The van der Waals surface area contributed by atoms with Crippen molar-refractivity contribution >= 4 is 5.91 Å². The number of hydrogen-bond donors (Lipinski definition) is 1. The molecule has 1 amide bonds. The van der Waals surface area contributed by atoms with Gasteiger partial charge in [-0.1, -0.05) is 6.42 Å². The molecule has 2 saturated heterocycles. The first-order valence-corrected chi connectivity index (χ1v) is 7.88. The number of likely N-dealkylation sites (tertiary alicyclic amines) is 1. The van der Waals surface area contributed by atoms with Crippen LogP contribution in [0.25, 0.3) is 0 Å². The number of aliphatic hydroxyl groups excluding tert-OH is 1. The van der Waals surface area contributed by atoms with Gasteiger partial charge in [0.25, 0.3) is 0 Å². The summed E-state index contributed by atoms with van der Waals surface area (Å²) in [4.78, 5) is 16.7. The van der Waals surface area contributed by atoms with Crippen molar-refractivity contribution in [1.82, 2.24) is 9.80 Å². The van der Waals surface area contributed by atoms with E-state index in [-0.39, 0.29) is 24.7 Å². The van der Waals surface area contributed by atoms with Gasteiger partial charge in [-0.2, -0.15) is 0 Å². The third kappa shape index (κ3) is 4.17. The molecule has 0 saturated carbocycles. The molecule has 0 aliphatic carbocycles. The van der Waals surface area contributed by atoms with Crippen LogP contribution in [-0.2, 0) is 9.53 Å². The van der Waals surface area contributed by atoms with E-state index in [1.807, 2.05) is 18.7 Å². The van der Waals surface area contributed by atoms with Crippen LogP contribution in [0.2, 0.25) is 0 Å². The predicted molar refractivity (Wildman–Crippen MR) is 77.5 cm³/mol. The number of ether oxygens (including phenoxy) is 1. The minimum atomic E-state index is 0.122. The summed E-state index contributed by atoms with van der Waals surface area (Å²) in [5, 5.41) is 9.15. The molecule has 0 spiro atoms. The topological polar surface area (TPSA) is 53.0 Å². The van der Waals surface area contributed by atoms with Crippen molar-refractivity contribution in [3.8, 4) is 0 Å². The molecule has 3 unspecified atom stereocenters. The van der Waals surface area contributed by atoms with Gasteiger partial charge in [-0.25, -0.2) is 0 Å². The van der Waals surface area contributed by atoms with Gasteiger partial charge in [0.1, 0.15) is 0 Å². The summed E-state index contributed by atoms with van der Waals surface area (Å²) < 4.78 is 5.68. The van der Waals surface area contributed by atoms with Gasteiger partial charge in [-0.3, -0.25) is 9.69 Å². The number of nitrogens with zero attached hydrogens (tertiary/aromatic N) is 2. The molecule has 2 heterocycles. The number of carbonyl (C=O) groups is 1. The van der Waals surface area contributed by atoms with E-state index in [0.717, 1.165) is 25.8 Å². The summed E-state index contributed by atoms with van der Waals surface area (Å²) in [6, 6.07) is 0.369. The highest BCUT2D eigenvalue weighted by Crippen LogP contribution is 2.20. The first-order chi connectivity index (χ1) is 9.60. The molecule has 0 aromatic rings. The van der Waals surface area contributed by atoms with Crippen molar-refractivity contribution in [3.05, 3.63) is 0 Å². The predicted octanol–water partition coefficient (Wildman–Crippen LogP) is 0.859. The standard InChI is InChI=1S/C15H28N2O3/c1-12-9-17(10-13(2)20-12)15(19)11-16-7-4-3-5-14(16)6-8-18/h12-14,18H,3-11H2,1-2H3. The fraction of sp³-hybridized carbons (Fsp3) is 0.933. The molecule has 116 valence electrons. The van der Waals surface area contributed by atoms with E-state index >= 15 is 0 Å². The highest BCUT2D eigenvalue weighted by Gasteiger charge is 2.29. The van der Waals surface area contributed by atoms with Crippen LogP contribution in [0.15, 0.2) is 0 Å². The number of carbonyl (C=O) groups excluding carboxylic acids is 1. The van der Waals surface area contributed by atoms with E-state index in [1.165, 1.54) is 6.42 Å². The van der Waals surface area contributed by atoms with Crippen LogP contribution in [0.1, 0.15) is 39.5 Å². The Hall–Kier alpha value is -0.650. The number of amides is 1. The van der Waals surface area contributed by atoms with Gasteiger partial charge >= 0.3 is 0 Å². The van der Waals surface area contributed by atoms with E-state index in [2.05, 4.69) is 4.90 Å². The lowest BCUT2D eigenvalue weighted by molar-refractivity contribution is -0.145. The minimum Gasteiger partial charge on any atom is -0.396 e. The van der Waals surface area contributed by atoms with E-state index in [0.29, 0.717) is 25.7 Å². The van der Waals surface area contributed by atoms with Crippen LogP contribution in [0.4, 0.5) is 0 Å². The molecule has 2 aliphatic heterocycles. The van der Waals surface area contributed by atoms with Crippen molar-refractivity contribution in [3.63, 3.8) is 0 Å². The van der Waals surface area contributed by atoms with Gasteiger partial charge in [-0.05, 0) is 39.7 Å². The molecule has 0 radical (unpaired) electrons. The SMILES string of the molecule is CC1CN(C(=O)CN2CCCCC2CCO)CC(C)O1. The van der Waals surface area contributed by atoms with Crippen molar-refractivity contribution < 1.29 is 14.6 Å². The summed E-state index contributed by atoms with van der Waals surface area (Å²) in [6.45, 7) is 7.11. The maximum Gasteiger partial charge on any atom is 0.236 e. The van der Waals surface area contributed by atoms with Crippen LogP contribution in [0.3, 0.4) is 0 Å². The van der Waals surface area contributed by atoms with E-state index in [1.54, 1.807) is 0 Å². The van der Waals surface area contributed by atoms with Gasteiger partial charge in [-0.15, -0.1) is 0 Å². The zero-order chi connectivity index (χ0) is 14.5. The molecule has 20 heavy (non-hydrogen) atoms. The third-order valence-corrected chi connectivity index (χ3v) is 4.32. The van der Waals surface area contributed by atoms with Crippen molar-refractivity contribution in [2.45, 2.75) is 57.8 Å². The molecule has 2 rings (SSSR count). The van der Waals surface area contributed by atoms with Crippen molar-refractivity contribution in [2.75, 3.05) is 32.8 Å². The van der Waals surface area contributed by atoms with Gasteiger partial charge in [0.05, 0.1) is 18.8 Å². The summed E-state index contributed by atoms with van der Waals surface area (Å²) in [5.74, 6) is 0.205. The molecule has 0 aromatic heterocycles. The van der Waals surface area contributed by atoms with Gasteiger partial charge in [0, 0.05) is 25.7 Å². The fourth-order valence-electron chi connectivity index (χ4n) is 3.40. The maximum atomic E-state index is 12.5. The molecule has 0 bridgehead atoms. The number of piperidine rings is 1. The Balaban J connectivity index is 1.88. The highest BCUT2D eigenvalue weighted by atomic mass is 16.5. The monoisotopic (exact) mass is 284 g/mol. The molecular weight excluding hydrogens is 256 g/mol.